The van der Waals surface area contributed by atoms with Crippen molar-refractivity contribution in [2.75, 3.05) is 23.9 Å². The number of hydrogen-bond donors (Lipinski definition) is 2. The van der Waals surface area contributed by atoms with Crippen LogP contribution in [0.1, 0.15) is 23.3 Å². The van der Waals surface area contributed by atoms with Crippen LogP contribution in [0, 0.1) is 0 Å². The van der Waals surface area contributed by atoms with Gasteiger partial charge in [-0.25, -0.2) is 4.98 Å². The van der Waals surface area contributed by atoms with Crippen LogP contribution in [-0.2, 0) is 0 Å². The van der Waals surface area contributed by atoms with Gasteiger partial charge in [0, 0.05) is 13.1 Å². The molecule has 4 nitrogen and oxygen atoms in total. The van der Waals surface area contributed by atoms with Crippen molar-refractivity contribution in [3.8, 4) is 0 Å². The zero-order valence-corrected chi connectivity index (χ0v) is 10.7. The van der Waals surface area contributed by atoms with Gasteiger partial charge in [-0.15, -0.1) is 0 Å². The third-order valence-corrected chi connectivity index (χ3v) is 3.89. The molecule has 0 radical (unpaired) electrons. The number of nitrogens with one attached hydrogen (secondary N) is 2. The summed E-state index contributed by atoms with van der Waals surface area (Å²) in [6, 6.07) is 3.92. The van der Waals surface area contributed by atoms with Crippen LogP contribution < -0.4 is 10.6 Å². The van der Waals surface area contributed by atoms with Gasteiger partial charge in [0.15, 0.2) is 0 Å². The summed E-state index contributed by atoms with van der Waals surface area (Å²) < 4.78 is 0. The number of nitrogens with zero attached hydrogens (tertiary/aromatic N) is 1. The number of carbonyl (C=O) groups is 1. The topological polar surface area (TPSA) is 54.0 Å². The molecule has 0 unspecified atom stereocenters. The van der Waals surface area contributed by atoms with E-state index in [0.717, 1.165) is 30.0 Å². The van der Waals surface area contributed by atoms with Gasteiger partial charge in [0.2, 0.25) is 0 Å². The minimum atomic E-state index is -0.0652. The molecule has 17 heavy (non-hydrogen) atoms. The van der Waals surface area contributed by atoms with Crippen LogP contribution in [0.5, 0.6) is 0 Å². The van der Waals surface area contributed by atoms with Crippen LogP contribution in [-0.4, -0.2) is 35.5 Å². The fourth-order valence-corrected chi connectivity index (χ4v) is 2.88. The highest BCUT2D eigenvalue weighted by molar-refractivity contribution is 7.99. The van der Waals surface area contributed by atoms with Crippen LogP contribution in [0.25, 0.3) is 0 Å². The van der Waals surface area contributed by atoms with E-state index in [-0.39, 0.29) is 5.91 Å². The van der Waals surface area contributed by atoms with Gasteiger partial charge < -0.3 is 10.6 Å². The normalized spacial score (nSPS) is 16.5. The quantitative estimate of drug-likeness (QED) is 0.859. The van der Waals surface area contributed by atoms with Crippen LogP contribution in [0.4, 0.5) is 5.69 Å². The number of carbonyl (C=O) groups excluding carboxylic acids is 1. The number of anilines is 1. The van der Waals surface area contributed by atoms with Gasteiger partial charge >= 0.3 is 0 Å². The molecule has 0 atom stereocenters. The highest BCUT2D eigenvalue weighted by Crippen LogP contribution is 2.17. The lowest BCUT2D eigenvalue weighted by Crippen LogP contribution is -2.37. The molecular formula is C12H17N3OS. The SMILES string of the molecule is CNc1ccc(C(=O)NC2CCSCC2)nc1. The van der Waals surface area contributed by atoms with Crippen LogP contribution in [0.2, 0.25) is 0 Å². The third-order valence-electron chi connectivity index (χ3n) is 2.84. The molecule has 1 amide bonds. The van der Waals surface area contributed by atoms with Gasteiger partial charge in [-0.2, -0.15) is 11.8 Å². The second-order valence-electron chi connectivity index (χ2n) is 4.04. The maximum absolute atomic E-state index is 11.9. The van der Waals surface area contributed by atoms with Crippen LogP contribution >= 0.6 is 11.8 Å². The zero-order valence-electron chi connectivity index (χ0n) is 9.90. The van der Waals surface area contributed by atoms with Gasteiger partial charge in [0.1, 0.15) is 5.69 Å². The summed E-state index contributed by atoms with van der Waals surface area (Å²) in [5.74, 6) is 2.21. The fourth-order valence-electron chi connectivity index (χ4n) is 1.78. The molecule has 2 rings (SSSR count). The van der Waals surface area contributed by atoms with Gasteiger partial charge in [-0.3, -0.25) is 4.79 Å². The molecule has 2 heterocycles. The molecule has 0 aromatic carbocycles. The Morgan fingerprint density at radius 3 is 2.76 bits per heavy atom. The average Bonchev–Trinajstić information content (AvgIpc) is 2.40. The number of amides is 1. The van der Waals surface area contributed by atoms with E-state index >= 15 is 0 Å². The first-order valence-corrected chi connectivity index (χ1v) is 6.97. The lowest BCUT2D eigenvalue weighted by molar-refractivity contribution is 0.0930. The smallest absolute Gasteiger partial charge is 0.270 e. The summed E-state index contributed by atoms with van der Waals surface area (Å²) in [6.07, 6.45) is 3.79. The molecule has 1 aliphatic rings. The fraction of sp³-hybridized carbons (Fsp3) is 0.500. The molecule has 0 aliphatic carbocycles. The Kier molecular flexibility index (Phi) is 4.25. The molecule has 92 valence electrons. The molecule has 5 heteroatoms. The predicted molar refractivity (Wildman–Crippen MR) is 71.6 cm³/mol. The molecule has 0 saturated carbocycles. The lowest BCUT2D eigenvalue weighted by atomic mass is 10.1. The maximum Gasteiger partial charge on any atom is 0.270 e. The number of thioether (sulfide) groups is 1. The molecule has 0 spiro atoms. The zero-order chi connectivity index (χ0) is 12.1. The van der Waals surface area contributed by atoms with E-state index in [9.17, 15) is 4.79 Å². The number of aromatic nitrogens is 1. The highest BCUT2D eigenvalue weighted by atomic mass is 32.2. The summed E-state index contributed by atoms with van der Waals surface area (Å²) in [6.45, 7) is 0. The van der Waals surface area contributed by atoms with Crippen LogP contribution in [0.15, 0.2) is 18.3 Å². The summed E-state index contributed by atoms with van der Waals surface area (Å²) in [4.78, 5) is 16.0. The largest absolute Gasteiger partial charge is 0.387 e. The van der Waals surface area contributed by atoms with E-state index in [4.69, 9.17) is 0 Å². The van der Waals surface area contributed by atoms with E-state index in [0.29, 0.717) is 11.7 Å². The van der Waals surface area contributed by atoms with Gasteiger partial charge in [-0.05, 0) is 36.5 Å². The van der Waals surface area contributed by atoms with Crippen molar-refractivity contribution < 1.29 is 4.79 Å². The lowest BCUT2D eigenvalue weighted by Gasteiger charge is -2.22. The Hall–Kier alpha value is -1.23. The molecule has 1 aromatic rings. The Bertz CT molecular complexity index is 374. The van der Waals surface area contributed by atoms with Gasteiger partial charge in [0.05, 0.1) is 11.9 Å². The first kappa shape index (κ1) is 12.2. The predicted octanol–water partition coefficient (Wildman–Crippen LogP) is 1.75. The Morgan fingerprint density at radius 1 is 1.41 bits per heavy atom. The van der Waals surface area contributed by atoms with Gasteiger partial charge in [-0.1, -0.05) is 0 Å². The van der Waals surface area contributed by atoms with E-state index in [2.05, 4.69) is 15.6 Å². The molecule has 1 aliphatic heterocycles. The number of hydrogen-bond acceptors (Lipinski definition) is 4. The van der Waals surface area contributed by atoms with Crippen molar-refractivity contribution in [3.63, 3.8) is 0 Å². The first-order valence-electron chi connectivity index (χ1n) is 5.82. The van der Waals surface area contributed by atoms with Crippen LogP contribution in [0.3, 0.4) is 0 Å². The monoisotopic (exact) mass is 251 g/mol. The molecule has 1 fully saturated rings. The Balaban J connectivity index is 1.93. The Morgan fingerprint density at radius 2 is 2.18 bits per heavy atom. The summed E-state index contributed by atoms with van der Waals surface area (Å²) in [5, 5.41) is 6.01. The summed E-state index contributed by atoms with van der Waals surface area (Å²) >= 11 is 1.95. The van der Waals surface area contributed by atoms with Crippen molar-refractivity contribution >= 4 is 23.4 Å². The minimum absolute atomic E-state index is 0.0652. The highest BCUT2D eigenvalue weighted by Gasteiger charge is 2.17. The average molecular weight is 251 g/mol. The van der Waals surface area contributed by atoms with Crippen molar-refractivity contribution in [2.24, 2.45) is 0 Å². The molecular weight excluding hydrogens is 234 g/mol. The molecule has 1 aromatic heterocycles. The second kappa shape index (κ2) is 5.91. The van der Waals surface area contributed by atoms with E-state index in [1.807, 2.05) is 24.9 Å². The van der Waals surface area contributed by atoms with E-state index < -0.39 is 0 Å². The summed E-state index contributed by atoms with van der Waals surface area (Å²) in [5.41, 5.74) is 1.40. The molecule has 0 bridgehead atoms. The molecule has 2 N–H and O–H groups in total. The first-order chi connectivity index (χ1) is 8.29. The van der Waals surface area contributed by atoms with Crippen molar-refractivity contribution in [1.82, 2.24) is 10.3 Å². The van der Waals surface area contributed by atoms with Gasteiger partial charge in [0.25, 0.3) is 5.91 Å². The summed E-state index contributed by atoms with van der Waals surface area (Å²) in [7, 11) is 1.83. The van der Waals surface area contributed by atoms with E-state index in [1.165, 1.54) is 0 Å². The minimum Gasteiger partial charge on any atom is -0.387 e. The standard InChI is InChI=1S/C12H17N3OS/c1-13-10-2-3-11(14-8-10)12(16)15-9-4-6-17-7-5-9/h2-3,8-9,13H,4-7H2,1H3,(H,15,16). The van der Waals surface area contributed by atoms with Crippen molar-refractivity contribution in [2.45, 2.75) is 18.9 Å². The molecule has 1 saturated heterocycles. The number of pyridine rings is 1. The Labute approximate surface area is 106 Å². The third kappa shape index (κ3) is 3.36. The van der Waals surface area contributed by atoms with Crippen molar-refractivity contribution in [1.29, 1.82) is 0 Å². The van der Waals surface area contributed by atoms with Crippen molar-refractivity contribution in [3.05, 3.63) is 24.0 Å². The van der Waals surface area contributed by atoms with E-state index in [1.54, 1.807) is 12.3 Å². The second-order valence-corrected chi connectivity index (χ2v) is 5.27. The maximum atomic E-state index is 11.9. The number of rotatable bonds is 3.